The first-order valence-electron chi connectivity index (χ1n) is 17.5. The Morgan fingerprint density at radius 1 is 0.727 bits per heavy atom. The molecule has 2 aliphatic heterocycles. The highest BCUT2D eigenvalue weighted by Crippen LogP contribution is 2.21. The van der Waals surface area contributed by atoms with Crippen LogP contribution in [0, 0.1) is 0 Å². The number of alkyl halides is 2. The van der Waals surface area contributed by atoms with Crippen LogP contribution in [0.15, 0.2) is 0 Å². The average molecular weight is 666 g/mol. The number of halogens is 2. The molecule has 0 aromatic rings. The van der Waals surface area contributed by atoms with E-state index < -0.39 is 5.60 Å². The zero-order valence-electron chi connectivity index (χ0n) is 28.8. The van der Waals surface area contributed by atoms with Crippen molar-refractivity contribution in [3.05, 3.63) is 0 Å². The van der Waals surface area contributed by atoms with Gasteiger partial charge in [-0.3, -0.25) is 14.5 Å². The molecule has 2 fully saturated rings. The van der Waals surface area contributed by atoms with Gasteiger partial charge in [-0.25, -0.2) is 4.79 Å². The first-order valence-corrected chi connectivity index (χ1v) is 18.6. The van der Waals surface area contributed by atoms with E-state index in [2.05, 4.69) is 29.8 Å². The van der Waals surface area contributed by atoms with Gasteiger partial charge in [-0.15, -0.1) is 23.2 Å². The quantitative estimate of drug-likeness (QED) is 0.0898. The van der Waals surface area contributed by atoms with E-state index >= 15 is 0 Å². The average Bonchev–Trinajstić information content (AvgIpc) is 2.89. The lowest BCUT2D eigenvalue weighted by atomic mass is 10.0. The summed E-state index contributed by atoms with van der Waals surface area (Å²) in [6, 6.07) is -0.252. The molecule has 0 aromatic carbocycles. The van der Waals surface area contributed by atoms with E-state index in [9.17, 15) is 14.4 Å². The molecule has 10 heteroatoms. The lowest BCUT2D eigenvalue weighted by molar-refractivity contribution is -0.130. The molecule has 0 unspecified atom stereocenters. The number of nitrogens with zero attached hydrogens (tertiary/aromatic N) is 1. The van der Waals surface area contributed by atoms with Crippen molar-refractivity contribution in [2.45, 2.75) is 168 Å². The van der Waals surface area contributed by atoms with Gasteiger partial charge in [0.1, 0.15) is 11.6 Å². The van der Waals surface area contributed by atoms with E-state index in [1.165, 1.54) is 88.4 Å². The third-order valence-electron chi connectivity index (χ3n) is 7.75. The van der Waals surface area contributed by atoms with E-state index in [4.69, 9.17) is 27.9 Å². The molecule has 2 heterocycles. The Labute approximate surface area is 279 Å². The smallest absolute Gasteiger partial charge is 0.410 e. The zero-order chi connectivity index (χ0) is 33.1. The largest absolute Gasteiger partial charge is 0.444 e. The Morgan fingerprint density at radius 3 is 1.48 bits per heavy atom. The maximum absolute atomic E-state index is 12.2. The molecule has 44 heavy (non-hydrogen) atoms. The molecule has 2 rings (SSSR count). The molecule has 260 valence electrons. The fourth-order valence-electron chi connectivity index (χ4n) is 4.89. The maximum Gasteiger partial charge on any atom is 0.410 e. The summed E-state index contributed by atoms with van der Waals surface area (Å²) in [6.07, 6.45) is 21.9. The van der Waals surface area contributed by atoms with Crippen LogP contribution in [0.4, 0.5) is 4.79 Å². The van der Waals surface area contributed by atoms with Gasteiger partial charge in [0.25, 0.3) is 0 Å². The highest BCUT2D eigenvalue weighted by atomic mass is 35.5. The molecule has 2 atom stereocenters. The fourth-order valence-corrected chi connectivity index (χ4v) is 4.89. The highest BCUT2D eigenvalue weighted by Gasteiger charge is 2.39. The van der Waals surface area contributed by atoms with Crippen LogP contribution < -0.4 is 16.0 Å². The van der Waals surface area contributed by atoms with Crippen LogP contribution in [0.25, 0.3) is 0 Å². The fraction of sp³-hybridized carbons (Fsp3) is 0.912. The van der Waals surface area contributed by atoms with Gasteiger partial charge in [-0.2, -0.15) is 0 Å². The standard InChI is InChI=1S/C19H36N2O3.C14H28N2O.CH2Cl2/c1-5-6-7-8-9-10-11-12-14-20-17(22)16-13-15-21(16)18(23)24-19(2,3)4;1-2-3-4-5-6-7-8-9-11-16-14(17)13-10-12-15-13;2-1-3/h16H,5-15H2,1-4H3,(H,20,22);13,15H,2-12H2,1H3,(H,16,17);1H2/t16-;13-;/m00./s1. The van der Waals surface area contributed by atoms with Crippen LogP contribution in [0.3, 0.4) is 0 Å². The molecule has 0 spiro atoms. The predicted octanol–water partition coefficient (Wildman–Crippen LogP) is 8.28. The highest BCUT2D eigenvalue weighted by molar-refractivity contribution is 6.40. The number of carbonyl (C=O) groups is 3. The van der Waals surface area contributed by atoms with E-state index in [1.54, 1.807) is 0 Å². The van der Waals surface area contributed by atoms with Gasteiger partial charge < -0.3 is 20.7 Å². The lowest BCUT2D eigenvalue weighted by Gasteiger charge is -2.40. The van der Waals surface area contributed by atoms with Crippen LogP contribution in [-0.4, -0.2) is 72.0 Å². The van der Waals surface area contributed by atoms with Crippen molar-refractivity contribution < 1.29 is 19.1 Å². The van der Waals surface area contributed by atoms with Gasteiger partial charge in [0.2, 0.25) is 11.8 Å². The summed E-state index contributed by atoms with van der Waals surface area (Å²) < 4.78 is 5.33. The minimum atomic E-state index is -0.523. The Hall–Kier alpha value is -1.25. The second kappa shape index (κ2) is 28.0. The summed E-state index contributed by atoms with van der Waals surface area (Å²) >= 11 is 9.53. The normalized spacial score (nSPS) is 17.1. The summed E-state index contributed by atoms with van der Waals surface area (Å²) in [7, 11) is 0. The topological polar surface area (TPSA) is 99.8 Å². The number of unbranched alkanes of at least 4 members (excludes halogenated alkanes) is 14. The lowest BCUT2D eigenvalue weighted by Crippen LogP contribution is -2.59. The van der Waals surface area contributed by atoms with E-state index in [-0.39, 0.29) is 35.3 Å². The van der Waals surface area contributed by atoms with Crippen LogP contribution in [-0.2, 0) is 14.3 Å². The number of amides is 3. The van der Waals surface area contributed by atoms with Gasteiger partial charge >= 0.3 is 6.09 Å². The second-order valence-electron chi connectivity index (χ2n) is 12.9. The number of likely N-dealkylation sites (tertiary alicyclic amines) is 1. The second-order valence-corrected chi connectivity index (χ2v) is 13.7. The molecule has 2 saturated heterocycles. The van der Waals surface area contributed by atoms with Gasteiger partial charge in [-0.05, 0) is 53.0 Å². The van der Waals surface area contributed by atoms with Crippen molar-refractivity contribution >= 4 is 41.1 Å². The van der Waals surface area contributed by atoms with Gasteiger partial charge in [0, 0.05) is 19.6 Å². The third-order valence-corrected chi connectivity index (χ3v) is 7.75. The van der Waals surface area contributed by atoms with Crippen LogP contribution in [0.2, 0.25) is 0 Å². The third kappa shape index (κ3) is 23.1. The minimum absolute atomic E-state index is 0.0462. The van der Waals surface area contributed by atoms with E-state index in [0.29, 0.717) is 13.1 Å². The Balaban J connectivity index is 0.000000808. The molecule has 0 aromatic heterocycles. The maximum atomic E-state index is 12.2. The summed E-state index contributed by atoms with van der Waals surface area (Å²) in [5.74, 6) is 0.147. The van der Waals surface area contributed by atoms with Crippen molar-refractivity contribution in [1.82, 2.24) is 20.9 Å². The molecule has 3 amide bonds. The van der Waals surface area contributed by atoms with Crippen LogP contribution in [0.5, 0.6) is 0 Å². The molecule has 3 N–H and O–H groups in total. The van der Waals surface area contributed by atoms with Crippen LogP contribution in [0.1, 0.15) is 150 Å². The molecule has 0 radical (unpaired) electrons. The molecule has 8 nitrogen and oxygen atoms in total. The van der Waals surface area contributed by atoms with Crippen molar-refractivity contribution in [2.24, 2.45) is 0 Å². The molecule has 0 saturated carbocycles. The summed E-state index contributed by atoms with van der Waals surface area (Å²) in [6.45, 7) is 13.1. The first kappa shape index (κ1) is 42.8. The number of ether oxygens (including phenoxy) is 1. The number of hydrogen-bond acceptors (Lipinski definition) is 5. The molecular weight excluding hydrogens is 599 g/mol. The number of nitrogens with one attached hydrogen (secondary N) is 3. The monoisotopic (exact) mass is 664 g/mol. The molecule has 2 aliphatic rings. The summed E-state index contributed by atoms with van der Waals surface area (Å²) in [4.78, 5) is 37.1. The first-order chi connectivity index (χ1) is 21.1. The van der Waals surface area contributed by atoms with Crippen molar-refractivity contribution in [3.63, 3.8) is 0 Å². The number of rotatable bonds is 20. The van der Waals surface area contributed by atoms with Crippen molar-refractivity contribution in [1.29, 1.82) is 0 Å². The Bertz CT molecular complexity index is 733. The van der Waals surface area contributed by atoms with Gasteiger partial charge in [0.05, 0.1) is 11.4 Å². The number of carbonyl (C=O) groups excluding carboxylic acids is 3. The molecular formula is C34H66Cl2N4O4. The predicted molar refractivity (Wildman–Crippen MR) is 186 cm³/mol. The van der Waals surface area contributed by atoms with Crippen molar-refractivity contribution in [2.75, 3.05) is 31.5 Å². The minimum Gasteiger partial charge on any atom is -0.444 e. The Kier molecular flexibility index (Phi) is 27.2. The van der Waals surface area contributed by atoms with E-state index in [0.717, 1.165) is 45.2 Å². The Morgan fingerprint density at radius 2 is 1.14 bits per heavy atom. The zero-order valence-corrected chi connectivity index (χ0v) is 30.3. The van der Waals surface area contributed by atoms with Crippen molar-refractivity contribution in [3.8, 4) is 0 Å². The number of hydrogen-bond donors (Lipinski definition) is 3. The van der Waals surface area contributed by atoms with Crippen LogP contribution >= 0.6 is 23.2 Å². The summed E-state index contributed by atoms with van der Waals surface area (Å²) in [5.41, 5.74) is -0.523. The van der Waals surface area contributed by atoms with E-state index in [1.807, 2.05) is 20.8 Å². The molecule has 0 aliphatic carbocycles. The van der Waals surface area contributed by atoms with Gasteiger partial charge in [-0.1, -0.05) is 104 Å². The summed E-state index contributed by atoms with van der Waals surface area (Å²) in [5, 5.41) is 9.26. The molecule has 0 bridgehead atoms. The van der Waals surface area contributed by atoms with Gasteiger partial charge in [0.15, 0.2) is 0 Å². The SMILES string of the molecule is CCCCCCCCCCNC(=O)[C@@H]1CCN1.CCCCCCCCCCNC(=O)[C@@H]1CCN1C(=O)OC(C)(C)C.ClCCl.